The third kappa shape index (κ3) is 3.62. The standard InChI is InChI=1S/C14H13Cl2N3O/c1-9(10-5-7-17-8-6-10)18-14(20)19-12-4-2-3-11(15)13(12)16/h2-9H,1H3,(H2,18,19,20)/t9-/m0/s1. The predicted molar refractivity (Wildman–Crippen MR) is 81.3 cm³/mol. The molecule has 2 amide bonds. The summed E-state index contributed by atoms with van der Waals surface area (Å²) in [4.78, 5) is 15.9. The van der Waals surface area contributed by atoms with Crippen molar-refractivity contribution >= 4 is 34.9 Å². The second kappa shape index (κ2) is 6.59. The normalized spacial score (nSPS) is 11.8. The number of nitrogens with one attached hydrogen (secondary N) is 2. The van der Waals surface area contributed by atoms with Crippen LogP contribution in [0.4, 0.5) is 10.5 Å². The summed E-state index contributed by atoms with van der Waals surface area (Å²) in [5.41, 5.74) is 1.44. The van der Waals surface area contributed by atoms with Crippen LogP contribution in [0.3, 0.4) is 0 Å². The Bertz CT molecular complexity index is 605. The van der Waals surface area contributed by atoms with Crippen molar-refractivity contribution in [1.82, 2.24) is 10.3 Å². The van der Waals surface area contributed by atoms with E-state index < -0.39 is 0 Å². The number of nitrogens with zero attached hydrogens (tertiary/aromatic N) is 1. The zero-order valence-corrected chi connectivity index (χ0v) is 12.2. The summed E-state index contributed by atoms with van der Waals surface area (Å²) in [6.07, 6.45) is 3.36. The first-order valence-electron chi connectivity index (χ1n) is 5.99. The van der Waals surface area contributed by atoms with E-state index in [1.165, 1.54) is 0 Å². The maximum Gasteiger partial charge on any atom is 0.319 e. The third-order valence-corrected chi connectivity index (χ3v) is 3.57. The Hall–Kier alpha value is -1.78. The second-order valence-electron chi connectivity index (χ2n) is 4.20. The lowest BCUT2D eigenvalue weighted by atomic mass is 10.1. The lowest BCUT2D eigenvalue weighted by Crippen LogP contribution is -2.31. The zero-order chi connectivity index (χ0) is 14.5. The van der Waals surface area contributed by atoms with E-state index in [-0.39, 0.29) is 12.1 Å². The van der Waals surface area contributed by atoms with E-state index in [0.717, 1.165) is 5.56 Å². The average molecular weight is 310 g/mol. The van der Waals surface area contributed by atoms with Crippen LogP contribution >= 0.6 is 23.2 Å². The lowest BCUT2D eigenvalue weighted by Gasteiger charge is -2.15. The van der Waals surface area contributed by atoms with Gasteiger partial charge in [-0.3, -0.25) is 4.98 Å². The number of carbonyl (C=O) groups is 1. The van der Waals surface area contributed by atoms with Crippen LogP contribution in [0.5, 0.6) is 0 Å². The van der Waals surface area contributed by atoms with Crippen LogP contribution in [0.2, 0.25) is 10.0 Å². The molecule has 1 aromatic heterocycles. The average Bonchev–Trinajstić information content (AvgIpc) is 2.45. The number of aromatic nitrogens is 1. The molecule has 1 aromatic carbocycles. The molecule has 0 saturated carbocycles. The van der Waals surface area contributed by atoms with Gasteiger partial charge in [-0.2, -0.15) is 0 Å². The maximum absolute atomic E-state index is 11.9. The third-order valence-electron chi connectivity index (χ3n) is 2.75. The molecule has 0 radical (unpaired) electrons. The predicted octanol–water partition coefficient (Wildman–Crippen LogP) is 4.27. The Morgan fingerprint density at radius 1 is 1.20 bits per heavy atom. The smallest absolute Gasteiger partial charge is 0.319 e. The number of anilines is 1. The molecule has 0 unspecified atom stereocenters. The number of hydrogen-bond donors (Lipinski definition) is 2. The molecule has 0 spiro atoms. The Balaban J connectivity index is 2.01. The van der Waals surface area contributed by atoms with Gasteiger partial charge >= 0.3 is 6.03 Å². The fourth-order valence-corrected chi connectivity index (χ4v) is 2.04. The van der Waals surface area contributed by atoms with Gasteiger partial charge in [-0.25, -0.2) is 4.79 Å². The van der Waals surface area contributed by atoms with Crippen LogP contribution < -0.4 is 10.6 Å². The van der Waals surface area contributed by atoms with Crippen LogP contribution in [0.1, 0.15) is 18.5 Å². The van der Waals surface area contributed by atoms with E-state index in [1.54, 1.807) is 30.6 Å². The second-order valence-corrected chi connectivity index (χ2v) is 4.99. The Morgan fingerprint density at radius 2 is 1.90 bits per heavy atom. The molecule has 6 heteroatoms. The first-order chi connectivity index (χ1) is 9.58. The summed E-state index contributed by atoms with van der Waals surface area (Å²) in [5, 5.41) is 6.20. The van der Waals surface area contributed by atoms with Gasteiger partial charge in [0, 0.05) is 12.4 Å². The SMILES string of the molecule is C[C@H](NC(=O)Nc1cccc(Cl)c1Cl)c1ccncc1. The highest BCUT2D eigenvalue weighted by Crippen LogP contribution is 2.29. The zero-order valence-electron chi connectivity index (χ0n) is 10.7. The number of rotatable bonds is 3. The molecule has 0 aliphatic heterocycles. The van der Waals surface area contributed by atoms with Gasteiger partial charge in [0.05, 0.1) is 21.8 Å². The first-order valence-corrected chi connectivity index (χ1v) is 6.75. The number of hydrogen-bond acceptors (Lipinski definition) is 2. The van der Waals surface area contributed by atoms with Crippen molar-refractivity contribution in [3.05, 3.63) is 58.3 Å². The molecule has 1 heterocycles. The minimum Gasteiger partial charge on any atom is -0.331 e. The molecule has 0 saturated heterocycles. The summed E-state index contributed by atoms with van der Waals surface area (Å²) >= 11 is 11.9. The molecule has 0 bridgehead atoms. The van der Waals surface area contributed by atoms with Crippen molar-refractivity contribution in [3.63, 3.8) is 0 Å². The number of pyridine rings is 1. The Labute approximate surface area is 127 Å². The molecule has 1 atom stereocenters. The number of benzene rings is 1. The minimum atomic E-state index is -0.349. The van der Waals surface area contributed by atoms with Crippen molar-refractivity contribution in [2.24, 2.45) is 0 Å². The van der Waals surface area contributed by atoms with Gasteiger partial charge in [0.15, 0.2) is 0 Å². The summed E-state index contributed by atoms with van der Waals surface area (Å²) in [5.74, 6) is 0. The molecule has 0 aliphatic carbocycles. The lowest BCUT2D eigenvalue weighted by molar-refractivity contribution is 0.249. The Kier molecular flexibility index (Phi) is 4.82. The van der Waals surface area contributed by atoms with Gasteiger partial charge in [-0.05, 0) is 36.8 Å². The van der Waals surface area contributed by atoms with Gasteiger partial charge in [-0.15, -0.1) is 0 Å². The van der Waals surface area contributed by atoms with Crippen molar-refractivity contribution in [1.29, 1.82) is 0 Å². The summed E-state index contributed by atoms with van der Waals surface area (Å²) in [6, 6.07) is 8.26. The van der Waals surface area contributed by atoms with E-state index in [2.05, 4.69) is 15.6 Å². The summed E-state index contributed by atoms with van der Waals surface area (Å²) < 4.78 is 0. The van der Waals surface area contributed by atoms with Gasteiger partial charge in [-0.1, -0.05) is 29.3 Å². The quantitative estimate of drug-likeness (QED) is 0.889. The van der Waals surface area contributed by atoms with E-state index in [4.69, 9.17) is 23.2 Å². The number of carbonyl (C=O) groups excluding carboxylic acids is 1. The molecule has 2 aromatic rings. The van der Waals surface area contributed by atoms with Crippen LogP contribution in [-0.4, -0.2) is 11.0 Å². The largest absolute Gasteiger partial charge is 0.331 e. The molecule has 2 rings (SSSR count). The van der Waals surface area contributed by atoms with E-state index in [0.29, 0.717) is 15.7 Å². The highest BCUT2D eigenvalue weighted by Gasteiger charge is 2.11. The monoisotopic (exact) mass is 309 g/mol. The van der Waals surface area contributed by atoms with Crippen molar-refractivity contribution in [3.8, 4) is 0 Å². The van der Waals surface area contributed by atoms with Crippen molar-refractivity contribution in [2.45, 2.75) is 13.0 Å². The molecule has 20 heavy (non-hydrogen) atoms. The Morgan fingerprint density at radius 3 is 2.60 bits per heavy atom. The summed E-state index contributed by atoms with van der Waals surface area (Å²) in [7, 11) is 0. The molecule has 104 valence electrons. The van der Waals surface area contributed by atoms with Crippen molar-refractivity contribution in [2.75, 3.05) is 5.32 Å². The van der Waals surface area contributed by atoms with E-state index >= 15 is 0 Å². The number of amides is 2. The summed E-state index contributed by atoms with van der Waals surface area (Å²) in [6.45, 7) is 1.88. The molecule has 4 nitrogen and oxygen atoms in total. The number of urea groups is 1. The highest BCUT2D eigenvalue weighted by molar-refractivity contribution is 6.43. The van der Waals surface area contributed by atoms with E-state index in [9.17, 15) is 4.79 Å². The fourth-order valence-electron chi connectivity index (χ4n) is 1.69. The highest BCUT2D eigenvalue weighted by atomic mass is 35.5. The van der Waals surface area contributed by atoms with E-state index in [1.807, 2.05) is 19.1 Å². The maximum atomic E-state index is 11.9. The van der Waals surface area contributed by atoms with Crippen LogP contribution in [-0.2, 0) is 0 Å². The molecule has 0 fully saturated rings. The van der Waals surface area contributed by atoms with Crippen LogP contribution in [0.25, 0.3) is 0 Å². The molecule has 2 N–H and O–H groups in total. The fraction of sp³-hybridized carbons (Fsp3) is 0.143. The van der Waals surface area contributed by atoms with Gasteiger partial charge in [0.1, 0.15) is 0 Å². The van der Waals surface area contributed by atoms with Crippen LogP contribution in [0.15, 0.2) is 42.7 Å². The van der Waals surface area contributed by atoms with Gasteiger partial charge in [0.2, 0.25) is 0 Å². The van der Waals surface area contributed by atoms with Gasteiger partial charge < -0.3 is 10.6 Å². The molecule has 0 aliphatic rings. The molecular weight excluding hydrogens is 297 g/mol. The van der Waals surface area contributed by atoms with Crippen molar-refractivity contribution < 1.29 is 4.79 Å². The minimum absolute atomic E-state index is 0.143. The first kappa shape index (κ1) is 14.6. The topological polar surface area (TPSA) is 54.0 Å². The van der Waals surface area contributed by atoms with Gasteiger partial charge in [0.25, 0.3) is 0 Å². The number of halogens is 2. The molecular formula is C14H13Cl2N3O. The van der Waals surface area contributed by atoms with Crippen LogP contribution in [0, 0.1) is 0 Å².